The third kappa shape index (κ3) is 4.41. The lowest BCUT2D eigenvalue weighted by Gasteiger charge is -2.12. The van der Waals surface area contributed by atoms with Gasteiger partial charge in [-0.25, -0.2) is 14.4 Å². The summed E-state index contributed by atoms with van der Waals surface area (Å²) in [4.78, 5) is 8.52. The first-order valence-electron chi connectivity index (χ1n) is 7.24. The smallest absolute Gasteiger partial charge is 0.134 e. The number of hydrogen-bond acceptors (Lipinski definition) is 4. The number of rotatable bonds is 7. The highest BCUT2D eigenvalue weighted by Gasteiger charge is 2.05. The molecule has 0 aliphatic heterocycles. The molecule has 4 nitrogen and oxygen atoms in total. The second kappa shape index (κ2) is 7.57. The van der Waals surface area contributed by atoms with Crippen LogP contribution in [0.15, 0.2) is 30.6 Å². The van der Waals surface area contributed by atoms with Crippen LogP contribution in [0.4, 0.5) is 16.0 Å². The molecule has 2 rings (SSSR count). The van der Waals surface area contributed by atoms with E-state index < -0.39 is 0 Å². The fraction of sp³-hybridized carbons (Fsp3) is 0.375. The van der Waals surface area contributed by atoms with Crippen molar-refractivity contribution >= 4 is 11.6 Å². The zero-order valence-electron chi connectivity index (χ0n) is 12.5. The fourth-order valence-corrected chi connectivity index (χ4v) is 2.03. The van der Waals surface area contributed by atoms with Gasteiger partial charge in [0.1, 0.15) is 23.8 Å². The number of aromatic nitrogens is 2. The third-order valence-corrected chi connectivity index (χ3v) is 3.25. The number of nitrogens with one attached hydrogen (secondary N) is 2. The van der Waals surface area contributed by atoms with Gasteiger partial charge in [-0.15, -0.1) is 0 Å². The van der Waals surface area contributed by atoms with Gasteiger partial charge in [-0.2, -0.15) is 0 Å². The second-order valence-electron chi connectivity index (χ2n) is 4.93. The molecule has 1 aromatic carbocycles. The zero-order chi connectivity index (χ0) is 15.1. The van der Waals surface area contributed by atoms with Crippen LogP contribution in [0.25, 0.3) is 0 Å². The summed E-state index contributed by atoms with van der Waals surface area (Å²) in [7, 11) is 0. The van der Waals surface area contributed by atoms with E-state index in [1.54, 1.807) is 18.5 Å². The minimum Gasteiger partial charge on any atom is -0.370 e. The standard InChI is InChI=1S/C16H21FN4/c1-3-9-18-15-12(2)16(21-11-20-15)19-10-8-13-4-6-14(17)7-5-13/h4-7,11H,3,8-10H2,1-2H3,(H2,18,19,20,21). The number of nitrogens with zero attached hydrogens (tertiary/aromatic N) is 2. The van der Waals surface area contributed by atoms with Crippen molar-refractivity contribution in [1.29, 1.82) is 0 Å². The summed E-state index contributed by atoms with van der Waals surface area (Å²) < 4.78 is 12.8. The Morgan fingerprint density at radius 3 is 2.24 bits per heavy atom. The fourth-order valence-electron chi connectivity index (χ4n) is 2.03. The van der Waals surface area contributed by atoms with Crippen molar-refractivity contribution in [2.24, 2.45) is 0 Å². The molecule has 0 unspecified atom stereocenters. The normalized spacial score (nSPS) is 10.4. The quantitative estimate of drug-likeness (QED) is 0.820. The molecule has 0 bridgehead atoms. The van der Waals surface area contributed by atoms with Gasteiger partial charge in [0.25, 0.3) is 0 Å². The molecule has 5 heteroatoms. The molecule has 0 spiro atoms. The maximum absolute atomic E-state index is 12.8. The van der Waals surface area contributed by atoms with Gasteiger partial charge < -0.3 is 10.6 Å². The molecule has 0 saturated carbocycles. The summed E-state index contributed by atoms with van der Waals surface area (Å²) in [5.74, 6) is 1.51. The molecule has 112 valence electrons. The lowest BCUT2D eigenvalue weighted by atomic mass is 10.1. The molecule has 0 saturated heterocycles. The van der Waals surface area contributed by atoms with Gasteiger partial charge >= 0.3 is 0 Å². The average molecular weight is 288 g/mol. The van der Waals surface area contributed by atoms with Gasteiger partial charge in [0.2, 0.25) is 0 Å². The Labute approximate surface area is 124 Å². The monoisotopic (exact) mass is 288 g/mol. The van der Waals surface area contributed by atoms with Crippen LogP contribution in [0.1, 0.15) is 24.5 Å². The zero-order valence-corrected chi connectivity index (χ0v) is 12.5. The molecule has 0 fully saturated rings. The third-order valence-electron chi connectivity index (χ3n) is 3.25. The lowest BCUT2D eigenvalue weighted by Crippen LogP contribution is -2.11. The molecule has 1 heterocycles. The molecule has 1 aromatic heterocycles. The molecule has 21 heavy (non-hydrogen) atoms. The van der Waals surface area contributed by atoms with Gasteiger partial charge in [0.15, 0.2) is 0 Å². The summed E-state index contributed by atoms with van der Waals surface area (Å²) in [6, 6.07) is 6.58. The van der Waals surface area contributed by atoms with E-state index in [-0.39, 0.29) is 5.82 Å². The van der Waals surface area contributed by atoms with Crippen molar-refractivity contribution in [3.63, 3.8) is 0 Å². The van der Waals surface area contributed by atoms with Crippen LogP contribution in [0.5, 0.6) is 0 Å². The summed E-state index contributed by atoms with van der Waals surface area (Å²) in [6.45, 7) is 5.76. The van der Waals surface area contributed by atoms with Crippen LogP contribution in [-0.4, -0.2) is 23.1 Å². The van der Waals surface area contributed by atoms with Crippen LogP contribution in [0.2, 0.25) is 0 Å². The Morgan fingerprint density at radius 2 is 1.62 bits per heavy atom. The van der Waals surface area contributed by atoms with Crippen molar-refractivity contribution in [2.45, 2.75) is 26.7 Å². The van der Waals surface area contributed by atoms with Crippen LogP contribution in [-0.2, 0) is 6.42 Å². The van der Waals surface area contributed by atoms with Gasteiger partial charge in [-0.3, -0.25) is 0 Å². The molecule has 2 N–H and O–H groups in total. The van der Waals surface area contributed by atoms with Gasteiger partial charge in [-0.1, -0.05) is 19.1 Å². The van der Waals surface area contributed by atoms with Gasteiger partial charge in [0.05, 0.1) is 0 Å². The van der Waals surface area contributed by atoms with E-state index in [4.69, 9.17) is 0 Å². The van der Waals surface area contributed by atoms with Crippen molar-refractivity contribution in [1.82, 2.24) is 9.97 Å². The van der Waals surface area contributed by atoms with E-state index in [2.05, 4.69) is 27.5 Å². The molecule has 0 radical (unpaired) electrons. The predicted molar refractivity (Wildman–Crippen MR) is 84.1 cm³/mol. The van der Waals surface area contributed by atoms with Crippen molar-refractivity contribution in [2.75, 3.05) is 23.7 Å². The first kappa shape index (κ1) is 15.2. The Hall–Kier alpha value is -2.17. The molecule has 0 aliphatic rings. The molecular formula is C16H21FN4. The Balaban J connectivity index is 1.92. The highest BCUT2D eigenvalue weighted by atomic mass is 19.1. The Bertz CT molecular complexity index is 569. The topological polar surface area (TPSA) is 49.8 Å². The van der Waals surface area contributed by atoms with Crippen LogP contribution in [0, 0.1) is 12.7 Å². The number of hydrogen-bond donors (Lipinski definition) is 2. The number of halogens is 1. The minimum absolute atomic E-state index is 0.204. The summed E-state index contributed by atoms with van der Waals surface area (Å²) >= 11 is 0. The van der Waals surface area contributed by atoms with Crippen molar-refractivity contribution in [3.05, 3.63) is 47.5 Å². The second-order valence-corrected chi connectivity index (χ2v) is 4.93. The van der Waals surface area contributed by atoms with Gasteiger partial charge in [0, 0.05) is 18.7 Å². The maximum atomic E-state index is 12.8. The average Bonchev–Trinajstić information content (AvgIpc) is 2.50. The number of anilines is 2. The molecule has 2 aromatic rings. The largest absolute Gasteiger partial charge is 0.370 e. The summed E-state index contributed by atoms with van der Waals surface area (Å²) in [5, 5.41) is 6.59. The van der Waals surface area contributed by atoms with Crippen LogP contribution in [0.3, 0.4) is 0 Å². The lowest BCUT2D eigenvalue weighted by molar-refractivity contribution is 0.627. The first-order chi connectivity index (χ1) is 10.2. The maximum Gasteiger partial charge on any atom is 0.134 e. The highest BCUT2D eigenvalue weighted by molar-refractivity contribution is 5.56. The van der Waals surface area contributed by atoms with E-state index in [0.29, 0.717) is 0 Å². The summed E-state index contributed by atoms with van der Waals surface area (Å²) in [5.41, 5.74) is 2.12. The first-order valence-corrected chi connectivity index (χ1v) is 7.24. The molecular weight excluding hydrogens is 267 g/mol. The van der Waals surface area contributed by atoms with E-state index in [1.807, 2.05) is 6.92 Å². The van der Waals surface area contributed by atoms with E-state index >= 15 is 0 Å². The molecule has 0 amide bonds. The van der Waals surface area contributed by atoms with Crippen molar-refractivity contribution < 1.29 is 4.39 Å². The van der Waals surface area contributed by atoms with E-state index in [0.717, 1.165) is 48.7 Å². The highest BCUT2D eigenvalue weighted by Crippen LogP contribution is 2.18. The minimum atomic E-state index is -0.204. The molecule has 0 atom stereocenters. The van der Waals surface area contributed by atoms with Crippen molar-refractivity contribution in [3.8, 4) is 0 Å². The Kier molecular flexibility index (Phi) is 5.49. The number of benzene rings is 1. The summed E-state index contributed by atoms with van der Waals surface area (Å²) in [6.07, 6.45) is 3.43. The van der Waals surface area contributed by atoms with Crippen LogP contribution >= 0.6 is 0 Å². The predicted octanol–water partition coefficient (Wildman–Crippen LogP) is 3.40. The van der Waals surface area contributed by atoms with Crippen LogP contribution < -0.4 is 10.6 Å². The molecule has 0 aliphatic carbocycles. The van der Waals surface area contributed by atoms with Gasteiger partial charge in [-0.05, 0) is 37.5 Å². The Morgan fingerprint density at radius 1 is 1.00 bits per heavy atom. The SMILES string of the molecule is CCCNc1ncnc(NCCc2ccc(F)cc2)c1C. The van der Waals surface area contributed by atoms with E-state index in [1.165, 1.54) is 12.1 Å². The van der Waals surface area contributed by atoms with E-state index in [9.17, 15) is 4.39 Å².